The Balaban J connectivity index is 2.22. The Labute approximate surface area is 108 Å². The largest absolute Gasteiger partial charge is 0.478 e. The van der Waals surface area contributed by atoms with E-state index in [1.54, 1.807) is 30.3 Å². The second-order valence-electron chi connectivity index (χ2n) is 3.76. The van der Waals surface area contributed by atoms with Crippen LogP contribution in [0.1, 0.15) is 16.1 Å². The molecule has 1 aromatic heterocycles. The van der Waals surface area contributed by atoms with Gasteiger partial charge in [0.2, 0.25) is 5.76 Å². The van der Waals surface area contributed by atoms with Gasteiger partial charge in [-0.2, -0.15) is 0 Å². The number of furan rings is 1. The molecule has 0 fully saturated rings. The Morgan fingerprint density at radius 1 is 1.00 bits per heavy atom. The van der Waals surface area contributed by atoms with E-state index in [1.807, 2.05) is 0 Å². The first-order chi connectivity index (χ1) is 9.06. The van der Waals surface area contributed by atoms with Crippen molar-refractivity contribution in [2.45, 2.75) is 0 Å². The van der Waals surface area contributed by atoms with Crippen molar-refractivity contribution in [3.63, 3.8) is 0 Å². The number of carbonyl (C=O) groups is 2. The van der Waals surface area contributed by atoms with E-state index in [0.717, 1.165) is 17.2 Å². The van der Waals surface area contributed by atoms with Gasteiger partial charge in [-0.1, -0.05) is 24.3 Å². The number of carboxylic acids is 2. The van der Waals surface area contributed by atoms with Crippen LogP contribution in [-0.2, 0) is 4.79 Å². The zero-order valence-corrected chi connectivity index (χ0v) is 9.74. The van der Waals surface area contributed by atoms with Gasteiger partial charge in [0.25, 0.3) is 0 Å². The summed E-state index contributed by atoms with van der Waals surface area (Å²) in [5, 5.41) is 17.3. The van der Waals surface area contributed by atoms with Gasteiger partial charge in [-0.3, -0.25) is 0 Å². The van der Waals surface area contributed by atoms with Gasteiger partial charge in [-0.15, -0.1) is 0 Å². The van der Waals surface area contributed by atoms with E-state index < -0.39 is 11.9 Å². The van der Waals surface area contributed by atoms with E-state index in [1.165, 1.54) is 12.1 Å². The molecular weight excluding hydrogens is 248 g/mol. The first kappa shape index (κ1) is 12.6. The monoisotopic (exact) mass is 258 g/mol. The van der Waals surface area contributed by atoms with Gasteiger partial charge in [-0.25, -0.2) is 9.59 Å². The molecule has 0 unspecified atom stereocenters. The molecule has 1 aromatic carbocycles. The number of rotatable bonds is 4. The Bertz CT molecular complexity index is 634. The van der Waals surface area contributed by atoms with Crippen LogP contribution in [0.3, 0.4) is 0 Å². The molecule has 0 amide bonds. The normalized spacial score (nSPS) is 10.7. The lowest BCUT2D eigenvalue weighted by molar-refractivity contribution is -0.131. The van der Waals surface area contributed by atoms with Gasteiger partial charge in [0.1, 0.15) is 5.76 Å². The summed E-state index contributed by atoms with van der Waals surface area (Å²) in [7, 11) is 0. The van der Waals surface area contributed by atoms with Crippen molar-refractivity contribution in [2.75, 3.05) is 0 Å². The first-order valence-electron chi connectivity index (χ1n) is 5.41. The highest BCUT2D eigenvalue weighted by atomic mass is 16.4. The molecule has 0 spiro atoms. The number of aliphatic carboxylic acids is 1. The molecule has 0 bridgehead atoms. The second-order valence-corrected chi connectivity index (χ2v) is 3.76. The number of aromatic carboxylic acids is 1. The van der Waals surface area contributed by atoms with Crippen LogP contribution in [0.15, 0.2) is 46.9 Å². The number of hydrogen-bond acceptors (Lipinski definition) is 3. The minimum absolute atomic E-state index is 0.121. The lowest BCUT2D eigenvalue weighted by Gasteiger charge is -1.98. The van der Waals surface area contributed by atoms with E-state index in [9.17, 15) is 9.59 Å². The van der Waals surface area contributed by atoms with Crippen molar-refractivity contribution in [3.05, 3.63) is 53.8 Å². The maximum absolute atomic E-state index is 10.7. The minimum atomic E-state index is -1.12. The molecule has 0 aliphatic rings. The molecule has 96 valence electrons. The van der Waals surface area contributed by atoms with Crippen LogP contribution < -0.4 is 0 Å². The number of carboxylic acid groups (broad SMARTS) is 2. The third-order valence-corrected chi connectivity index (χ3v) is 2.43. The van der Waals surface area contributed by atoms with Crippen molar-refractivity contribution in [1.29, 1.82) is 0 Å². The lowest BCUT2D eigenvalue weighted by atomic mass is 10.1. The average molecular weight is 258 g/mol. The number of hydrogen-bond donors (Lipinski definition) is 2. The third kappa shape index (κ3) is 3.10. The van der Waals surface area contributed by atoms with Crippen LogP contribution in [0.5, 0.6) is 0 Å². The third-order valence-electron chi connectivity index (χ3n) is 2.43. The molecular formula is C14H10O5. The zero-order chi connectivity index (χ0) is 13.8. The van der Waals surface area contributed by atoms with Gasteiger partial charge >= 0.3 is 11.9 Å². The summed E-state index contributed by atoms with van der Waals surface area (Å²) in [4.78, 5) is 21.1. The standard InChI is InChI=1S/C14H10O5/c15-13(16)8-3-9-1-4-10(5-2-9)11-6-7-12(19-11)14(17)18/h1-8H,(H,15,16)(H,17,18). The second kappa shape index (κ2) is 5.22. The van der Waals surface area contributed by atoms with Crippen LogP contribution in [0, 0.1) is 0 Å². The summed E-state index contributed by atoms with van der Waals surface area (Å²) >= 11 is 0. The van der Waals surface area contributed by atoms with Gasteiger partial charge < -0.3 is 14.6 Å². The van der Waals surface area contributed by atoms with Gasteiger partial charge in [-0.05, 0) is 23.8 Å². The molecule has 0 saturated heterocycles. The maximum Gasteiger partial charge on any atom is 0.371 e. The molecule has 0 aliphatic carbocycles. The Hall–Kier alpha value is -2.82. The Morgan fingerprint density at radius 3 is 2.21 bits per heavy atom. The van der Waals surface area contributed by atoms with E-state index in [4.69, 9.17) is 14.6 Å². The summed E-state index contributed by atoms with van der Waals surface area (Å²) < 4.78 is 5.16. The topological polar surface area (TPSA) is 87.7 Å². The molecule has 19 heavy (non-hydrogen) atoms. The van der Waals surface area contributed by atoms with Gasteiger partial charge in [0.15, 0.2) is 0 Å². The summed E-state index contributed by atoms with van der Waals surface area (Å²) in [5.74, 6) is -1.80. The highest BCUT2D eigenvalue weighted by Crippen LogP contribution is 2.22. The fourth-order valence-corrected chi connectivity index (χ4v) is 1.53. The molecule has 2 aromatic rings. The Kier molecular flexibility index (Phi) is 3.47. The predicted molar refractivity (Wildman–Crippen MR) is 67.8 cm³/mol. The van der Waals surface area contributed by atoms with E-state index in [2.05, 4.69) is 0 Å². The summed E-state index contributed by atoms with van der Waals surface area (Å²) in [5.41, 5.74) is 1.45. The van der Waals surface area contributed by atoms with Crippen molar-refractivity contribution in [3.8, 4) is 11.3 Å². The van der Waals surface area contributed by atoms with Crippen LogP contribution in [0.25, 0.3) is 17.4 Å². The fraction of sp³-hybridized carbons (Fsp3) is 0. The average Bonchev–Trinajstić information content (AvgIpc) is 2.86. The quantitative estimate of drug-likeness (QED) is 0.823. The van der Waals surface area contributed by atoms with Crippen LogP contribution >= 0.6 is 0 Å². The summed E-state index contributed by atoms with van der Waals surface area (Å²) in [6, 6.07) is 9.86. The zero-order valence-electron chi connectivity index (χ0n) is 9.74. The summed E-state index contributed by atoms with van der Waals surface area (Å²) in [6.07, 6.45) is 2.52. The molecule has 0 atom stereocenters. The lowest BCUT2D eigenvalue weighted by Crippen LogP contribution is -1.91. The molecule has 2 rings (SSSR count). The summed E-state index contributed by atoms with van der Waals surface area (Å²) in [6.45, 7) is 0. The number of benzene rings is 1. The van der Waals surface area contributed by atoms with Crippen molar-refractivity contribution in [1.82, 2.24) is 0 Å². The van der Waals surface area contributed by atoms with E-state index >= 15 is 0 Å². The van der Waals surface area contributed by atoms with Crippen LogP contribution in [0.4, 0.5) is 0 Å². The molecule has 5 heteroatoms. The van der Waals surface area contributed by atoms with Gasteiger partial charge in [0.05, 0.1) is 0 Å². The van der Waals surface area contributed by atoms with Crippen molar-refractivity contribution < 1.29 is 24.2 Å². The fourth-order valence-electron chi connectivity index (χ4n) is 1.53. The smallest absolute Gasteiger partial charge is 0.371 e. The highest BCUT2D eigenvalue weighted by Gasteiger charge is 2.09. The molecule has 5 nitrogen and oxygen atoms in total. The van der Waals surface area contributed by atoms with Crippen molar-refractivity contribution >= 4 is 18.0 Å². The van der Waals surface area contributed by atoms with E-state index in [-0.39, 0.29) is 5.76 Å². The minimum Gasteiger partial charge on any atom is -0.478 e. The predicted octanol–water partition coefficient (Wildman–Crippen LogP) is 2.74. The maximum atomic E-state index is 10.7. The van der Waals surface area contributed by atoms with E-state index in [0.29, 0.717) is 5.76 Å². The van der Waals surface area contributed by atoms with Crippen molar-refractivity contribution in [2.24, 2.45) is 0 Å². The Morgan fingerprint density at radius 2 is 1.68 bits per heavy atom. The molecule has 0 saturated carbocycles. The van der Waals surface area contributed by atoms with Gasteiger partial charge in [0, 0.05) is 11.6 Å². The van der Waals surface area contributed by atoms with Crippen LogP contribution in [-0.4, -0.2) is 22.2 Å². The first-order valence-corrected chi connectivity index (χ1v) is 5.41. The highest BCUT2D eigenvalue weighted by molar-refractivity contribution is 5.86. The molecule has 1 heterocycles. The SMILES string of the molecule is O=C(O)C=Cc1ccc(-c2ccc(C(=O)O)o2)cc1. The molecule has 0 radical (unpaired) electrons. The van der Waals surface area contributed by atoms with Crippen LogP contribution in [0.2, 0.25) is 0 Å². The molecule has 0 aliphatic heterocycles. The molecule has 2 N–H and O–H groups in total.